The predicted octanol–water partition coefficient (Wildman–Crippen LogP) is 3.58. The third-order valence-corrected chi connectivity index (χ3v) is 4.43. The van der Waals surface area contributed by atoms with Crippen molar-refractivity contribution in [3.05, 3.63) is 52.3 Å². The van der Waals surface area contributed by atoms with E-state index >= 15 is 0 Å². The lowest BCUT2D eigenvalue weighted by molar-refractivity contribution is 0.488. The summed E-state index contributed by atoms with van der Waals surface area (Å²) < 4.78 is 0. The molecule has 0 amide bonds. The second-order valence-electron chi connectivity index (χ2n) is 5.79. The molecule has 0 fully saturated rings. The largest absolute Gasteiger partial charge is 0.306 e. The molecule has 2 N–H and O–H groups in total. The summed E-state index contributed by atoms with van der Waals surface area (Å²) in [4.78, 5) is 0. The summed E-state index contributed by atoms with van der Waals surface area (Å²) >= 11 is 0. The van der Waals surface area contributed by atoms with Gasteiger partial charge in [-0.3, -0.25) is 5.10 Å². The lowest BCUT2D eigenvalue weighted by atomic mass is 9.99. The molecule has 3 nitrogen and oxygen atoms in total. The highest BCUT2D eigenvalue weighted by molar-refractivity contribution is 5.31. The van der Waals surface area contributed by atoms with Gasteiger partial charge in [0.2, 0.25) is 0 Å². The Morgan fingerprint density at radius 3 is 2.90 bits per heavy atom. The molecule has 0 saturated heterocycles. The molecule has 0 saturated carbocycles. The van der Waals surface area contributed by atoms with Crippen molar-refractivity contribution in [3.8, 4) is 0 Å². The van der Waals surface area contributed by atoms with Crippen LogP contribution in [0.15, 0.2) is 24.3 Å². The van der Waals surface area contributed by atoms with Crippen molar-refractivity contribution < 1.29 is 0 Å². The summed E-state index contributed by atoms with van der Waals surface area (Å²) in [6, 6.07) is 9.36. The zero-order valence-corrected chi connectivity index (χ0v) is 12.4. The van der Waals surface area contributed by atoms with Gasteiger partial charge in [-0.05, 0) is 44.2 Å². The molecule has 1 unspecified atom stereocenters. The van der Waals surface area contributed by atoms with E-state index in [0.29, 0.717) is 6.04 Å². The fourth-order valence-corrected chi connectivity index (χ4v) is 3.19. The van der Waals surface area contributed by atoms with Gasteiger partial charge in [-0.2, -0.15) is 5.10 Å². The summed E-state index contributed by atoms with van der Waals surface area (Å²) in [5.41, 5.74) is 6.60. The molecule has 3 heteroatoms. The normalized spacial score (nSPS) is 18.6. The maximum absolute atomic E-state index is 4.28. The Morgan fingerprint density at radius 1 is 1.25 bits per heavy atom. The van der Waals surface area contributed by atoms with Crippen molar-refractivity contribution in [2.75, 3.05) is 0 Å². The maximum Gasteiger partial charge on any atom is 0.0638 e. The van der Waals surface area contributed by atoms with Crippen LogP contribution in [0.3, 0.4) is 0 Å². The maximum atomic E-state index is 4.28. The first kappa shape index (κ1) is 13.4. The zero-order valence-electron chi connectivity index (χ0n) is 12.4. The molecule has 0 radical (unpaired) electrons. The summed E-state index contributed by atoms with van der Waals surface area (Å²) in [5.74, 6) is 0. The first-order valence-corrected chi connectivity index (χ1v) is 7.57. The van der Waals surface area contributed by atoms with E-state index in [1.54, 1.807) is 0 Å². The van der Waals surface area contributed by atoms with Crippen LogP contribution in [0.4, 0.5) is 0 Å². The topological polar surface area (TPSA) is 40.7 Å². The van der Waals surface area contributed by atoms with E-state index in [0.717, 1.165) is 12.2 Å². The van der Waals surface area contributed by atoms with Crippen LogP contribution in [-0.2, 0) is 13.0 Å². The van der Waals surface area contributed by atoms with Crippen LogP contribution >= 0.6 is 0 Å². The summed E-state index contributed by atoms with van der Waals surface area (Å²) in [6.45, 7) is 5.06. The van der Waals surface area contributed by atoms with Crippen LogP contribution in [0.5, 0.6) is 0 Å². The zero-order chi connectivity index (χ0) is 13.9. The second-order valence-corrected chi connectivity index (χ2v) is 5.79. The monoisotopic (exact) mass is 269 g/mol. The van der Waals surface area contributed by atoms with E-state index in [1.165, 1.54) is 48.1 Å². The van der Waals surface area contributed by atoms with Gasteiger partial charge in [0, 0.05) is 23.8 Å². The molecule has 0 spiro atoms. The number of aromatic amines is 1. The van der Waals surface area contributed by atoms with E-state index in [2.05, 4.69) is 53.6 Å². The smallest absolute Gasteiger partial charge is 0.0638 e. The number of hydrogen-bond donors (Lipinski definition) is 2. The lowest BCUT2D eigenvalue weighted by Gasteiger charge is -2.19. The minimum atomic E-state index is 0.474. The van der Waals surface area contributed by atoms with E-state index in [4.69, 9.17) is 0 Å². The Morgan fingerprint density at radius 2 is 2.10 bits per heavy atom. The molecule has 1 aliphatic rings. The van der Waals surface area contributed by atoms with Crippen LogP contribution < -0.4 is 5.32 Å². The lowest BCUT2D eigenvalue weighted by Crippen LogP contribution is -2.21. The van der Waals surface area contributed by atoms with Crippen molar-refractivity contribution >= 4 is 0 Å². The molecule has 106 valence electrons. The molecule has 1 atom stereocenters. The van der Waals surface area contributed by atoms with Gasteiger partial charge in [0.05, 0.1) is 5.69 Å². The average molecular weight is 269 g/mol. The molecule has 1 aromatic carbocycles. The highest BCUT2D eigenvalue weighted by Crippen LogP contribution is 2.29. The minimum absolute atomic E-state index is 0.474. The van der Waals surface area contributed by atoms with Crippen LogP contribution in [-0.4, -0.2) is 10.2 Å². The van der Waals surface area contributed by atoms with Gasteiger partial charge in [-0.15, -0.1) is 0 Å². The number of nitrogens with one attached hydrogen (secondary N) is 2. The highest BCUT2D eigenvalue weighted by Gasteiger charge is 2.18. The van der Waals surface area contributed by atoms with Gasteiger partial charge in [-0.25, -0.2) is 0 Å². The molecule has 0 bridgehead atoms. The van der Waals surface area contributed by atoms with Gasteiger partial charge in [0.25, 0.3) is 0 Å². The van der Waals surface area contributed by atoms with Gasteiger partial charge >= 0.3 is 0 Å². The molecule has 3 rings (SSSR count). The highest BCUT2D eigenvalue weighted by atomic mass is 15.1. The number of rotatable bonds is 3. The SMILES string of the molecule is Cc1n[nH]c(C)c1CNC1CCCCc2ccccc21. The number of H-pyrrole nitrogens is 1. The molecule has 1 heterocycles. The number of benzene rings is 1. The van der Waals surface area contributed by atoms with E-state index in [-0.39, 0.29) is 0 Å². The summed E-state index contributed by atoms with van der Waals surface area (Å²) in [5, 5.41) is 11.1. The molecular weight excluding hydrogens is 246 g/mol. The second kappa shape index (κ2) is 5.80. The third-order valence-electron chi connectivity index (χ3n) is 4.43. The van der Waals surface area contributed by atoms with E-state index < -0.39 is 0 Å². The summed E-state index contributed by atoms with van der Waals surface area (Å²) in [7, 11) is 0. The van der Waals surface area contributed by atoms with E-state index in [9.17, 15) is 0 Å². The van der Waals surface area contributed by atoms with Crippen LogP contribution in [0.1, 0.15) is 53.4 Å². The molecule has 1 aliphatic carbocycles. The van der Waals surface area contributed by atoms with Crippen molar-refractivity contribution in [3.63, 3.8) is 0 Å². The van der Waals surface area contributed by atoms with Crippen molar-refractivity contribution in [2.45, 2.75) is 52.1 Å². The fourth-order valence-electron chi connectivity index (χ4n) is 3.19. The third kappa shape index (κ3) is 2.63. The van der Waals surface area contributed by atoms with Crippen LogP contribution in [0.25, 0.3) is 0 Å². The molecule has 20 heavy (non-hydrogen) atoms. The van der Waals surface area contributed by atoms with Crippen LogP contribution in [0, 0.1) is 13.8 Å². The van der Waals surface area contributed by atoms with Crippen molar-refractivity contribution in [1.82, 2.24) is 15.5 Å². The average Bonchev–Trinajstić information content (AvgIpc) is 2.67. The number of fused-ring (bicyclic) bond motifs is 1. The summed E-state index contributed by atoms with van der Waals surface area (Å²) in [6.07, 6.45) is 5.06. The van der Waals surface area contributed by atoms with E-state index in [1.807, 2.05) is 0 Å². The standard InChI is InChI=1S/C17H23N3/c1-12-16(13(2)20-19-12)11-18-17-10-6-4-8-14-7-3-5-9-15(14)17/h3,5,7,9,17-18H,4,6,8,10-11H2,1-2H3,(H,19,20). The Balaban J connectivity index is 1.77. The fraction of sp³-hybridized carbons (Fsp3) is 0.471. The number of nitrogens with zero attached hydrogens (tertiary/aromatic N) is 1. The number of aryl methyl sites for hydroxylation is 3. The number of aromatic nitrogens is 2. The Kier molecular flexibility index (Phi) is 3.88. The Bertz CT molecular complexity index is 566. The van der Waals surface area contributed by atoms with Gasteiger partial charge in [0.15, 0.2) is 0 Å². The molecule has 0 aliphatic heterocycles. The van der Waals surface area contributed by atoms with Gasteiger partial charge in [0.1, 0.15) is 0 Å². The van der Waals surface area contributed by atoms with Crippen molar-refractivity contribution in [2.24, 2.45) is 0 Å². The van der Waals surface area contributed by atoms with Gasteiger partial charge < -0.3 is 5.32 Å². The van der Waals surface area contributed by atoms with Crippen LogP contribution in [0.2, 0.25) is 0 Å². The minimum Gasteiger partial charge on any atom is -0.306 e. The number of hydrogen-bond acceptors (Lipinski definition) is 2. The molecule has 2 aromatic rings. The first-order valence-electron chi connectivity index (χ1n) is 7.57. The Hall–Kier alpha value is -1.61. The predicted molar refractivity (Wildman–Crippen MR) is 81.6 cm³/mol. The Labute approximate surface area is 120 Å². The first-order chi connectivity index (χ1) is 9.75. The quantitative estimate of drug-likeness (QED) is 0.836. The molecular formula is C17H23N3. The van der Waals surface area contributed by atoms with Gasteiger partial charge in [-0.1, -0.05) is 30.7 Å². The molecule has 1 aromatic heterocycles. The van der Waals surface area contributed by atoms with Crippen molar-refractivity contribution in [1.29, 1.82) is 0 Å².